The molecule has 1 aliphatic rings. The second kappa shape index (κ2) is 5.90. The van der Waals surface area contributed by atoms with Crippen LogP contribution in [0.1, 0.15) is 24.8 Å². The van der Waals surface area contributed by atoms with Gasteiger partial charge in [0.2, 0.25) is 0 Å². The number of amides is 2. The van der Waals surface area contributed by atoms with Crippen LogP contribution >= 0.6 is 0 Å². The van der Waals surface area contributed by atoms with Crippen molar-refractivity contribution < 1.29 is 19.1 Å². The van der Waals surface area contributed by atoms with Gasteiger partial charge in [0.25, 0.3) is 0 Å². The fourth-order valence-electron chi connectivity index (χ4n) is 2.35. The van der Waals surface area contributed by atoms with Gasteiger partial charge in [-0.2, -0.15) is 0 Å². The van der Waals surface area contributed by atoms with Crippen molar-refractivity contribution in [1.29, 1.82) is 0 Å². The van der Waals surface area contributed by atoms with Crippen LogP contribution in [-0.4, -0.2) is 34.6 Å². The lowest BCUT2D eigenvalue weighted by atomic mass is 10.0. The lowest BCUT2D eigenvalue weighted by molar-refractivity contribution is -0.143. The lowest BCUT2D eigenvalue weighted by Crippen LogP contribution is -2.49. The first-order valence-electron chi connectivity index (χ1n) is 6.55. The average molecular weight is 280 g/mol. The molecule has 20 heavy (non-hydrogen) atoms. The van der Waals surface area contributed by atoms with E-state index < -0.39 is 23.9 Å². The molecule has 1 aromatic carbocycles. The van der Waals surface area contributed by atoms with Gasteiger partial charge in [-0.3, -0.25) is 0 Å². The van der Waals surface area contributed by atoms with Crippen LogP contribution in [0, 0.1) is 12.7 Å². The number of benzene rings is 1. The fraction of sp³-hybridized carbons (Fsp3) is 0.429. The number of rotatable bonds is 2. The molecule has 1 atom stereocenters. The Hall–Kier alpha value is -2.11. The highest BCUT2D eigenvalue weighted by Crippen LogP contribution is 2.21. The Labute approximate surface area is 116 Å². The highest BCUT2D eigenvalue weighted by molar-refractivity contribution is 5.93. The van der Waals surface area contributed by atoms with Crippen molar-refractivity contribution >= 4 is 17.7 Å². The van der Waals surface area contributed by atoms with Crippen LogP contribution in [0.25, 0.3) is 0 Å². The van der Waals surface area contributed by atoms with Gasteiger partial charge in [0.15, 0.2) is 0 Å². The van der Waals surface area contributed by atoms with Gasteiger partial charge >= 0.3 is 12.0 Å². The number of urea groups is 1. The van der Waals surface area contributed by atoms with Crippen LogP contribution in [0.4, 0.5) is 14.9 Å². The van der Waals surface area contributed by atoms with Gasteiger partial charge in [-0.05, 0) is 43.9 Å². The number of carbonyl (C=O) groups excluding carboxylic acids is 1. The van der Waals surface area contributed by atoms with Crippen molar-refractivity contribution in [3.05, 3.63) is 29.6 Å². The van der Waals surface area contributed by atoms with Crippen LogP contribution in [-0.2, 0) is 4.79 Å². The Morgan fingerprint density at radius 1 is 1.40 bits per heavy atom. The summed E-state index contributed by atoms with van der Waals surface area (Å²) in [5, 5.41) is 11.7. The van der Waals surface area contributed by atoms with E-state index in [1.54, 1.807) is 13.0 Å². The minimum Gasteiger partial charge on any atom is -0.480 e. The highest BCUT2D eigenvalue weighted by atomic mass is 19.1. The molecule has 0 spiro atoms. The van der Waals surface area contributed by atoms with E-state index >= 15 is 0 Å². The summed E-state index contributed by atoms with van der Waals surface area (Å²) in [6, 6.07) is 2.80. The monoisotopic (exact) mass is 280 g/mol. The molecule has 2 rings (SSSR count). The number of likely N-dealkylation sites (tertiary alicyclic amines) is 1. The molecule has 1 aliphatic heterocycles. The van der Waals surface area contributed by atoms with Crippen molar-refractivity contribution in [3.63, 3.8) is 0 Å². The number of aryl methyl sites for hydroxylation is 1. The minimum absolute atomic E-state index is 0.365. The average Bonchev–Trinajstić information content (AvgIpc) is 2.42. The number of nitrogens with one attached hydrogen (secondary N) is 1. The molecule has 1 heterocycles. The number of carboxylic acid groups (broad SMARTS) is 1. The SMILES string of the molecule is Cc1ccc(F)cc1NC(=O)N1CCCCC1C(=O)O. The van der Waals surface area contributed by atoms with E-state index in [0.717, 1.165) is 18.4 Å². The topological polar surface area (TPSA) is 69.6 Å². The second-order valence-corrected chi connectivity index (χ2v) is 4.93. The zero-order valence-electron chi connectivity index (χ0n) is 11.2. The number of carbonyl (C=O) groups is 2. The van der Waals surface area contributed by atoms with E-state index in [-0.39, 0.29) is 0 Å². The third kappa shape index (κ3) is 3.07. The van der Waals surface area contributed by atoms with Crippen molar-refractivity contribution in [2.24, 2.45) is 0 Å². The minimum atomic E-state index is -1.00. The zero-order chi connectivity index (χ0) is 14.7. The van der Waals surface area contributed by atoms with Gasteiger partial charge in [0.05, 0.1) is 0 Å². The van der Waals surface area contributed by atoms with Crippen LogP contribution in [0.3, 0.4) is 0 Å². The maximum atomic E-state index is 13.2. The summed E-state index contributed by atoms with van der Waals surface area (Å²) in [6.45, 7) is 2.15. The summed E-state index contributed by atoms with van der Waals surface area (Å²) >= 11 is 0. The summed E-state index contributed by atoms with van der Waals surface area (Å²) in [5.41, 5.74) is 1.09. The third-order valence-electron chi connectivity index (χ3n) is 3.49. The van der Waals surface area contributed by atoms with Gasteiger partial charge in [-0.1, -0.05) is 6.07 Å². The van der Waals surface area contributed by atoms with Gasteiger partial charge in [0.1, 0.15) is 11.9 Å². The molecule has 6 heteroatoms. The molecule has 0 aliphatic carbocycles. The standard InChI is InChI=1S/C14H17FN2O3/c1-9-5-6-10(15)8-11(9)16-14(20)17-7-3-2-4-12(17)13(18)19/h5-6,8,12H,2-4,7H2,1H3,(H,16,20)(H,18,19). The van der Waals surface area contributed by atoms with Crippen molar-refractivity contribution in [2.75, 3.05) is 11.9 Å². The van der Waals surface area contributed by atoms with E-state index in [9.17, 15) is 14.0 Å². The third-order valence-corrected chi connectivity index (χ3v) is 3.49. The maximum absolute atomic E-state index is 13.2. The van der Waals surface area contributed by atoms with Crippen LogP contribution < -0.4 is 5.32 Å². The Balaban J connectivity index is 2.14. The number of anilines is 1. The lowest BCUT2D eigenvalue weighted by Gasteiger charge is -2.33. The molecule has 0 radical (unpaired) electrons. The maximum Gasteiger partial charge on any atom is 0.326 e. The van der Waals surface area contributed by atoms with Crippen molar-refractivity contribution in [2.45, 2.75) is 32.2 Å². The molecule has 0 bridgehead atoms. The molecule has 0 saturated carbocycles. The number of hydrogen-bond donors (Lipinski definition) is 2. The Morgan fingerprint density at radius 2 is 2.15 bits per heavy atom. The highest BCUT2D eigenvalue weighted by Gasteiger charge is 2.32. The van der Waals surface area contributed by atoms with Gasteiger partial charge in [-0.25, -0.2) is 14.0 Å². The number of nitrogens with zero attached hydrogens (tertiary/aromatic N) is 1. The predicted molar refractivity (Wildman–Crippen MR) is 72.1 cm³/mol. The molecule has 5 nitrogen and oxygen atoms in total. The van der Waals surface area contributed by atoms with Gasteiger partial charge in [0, 0.05) is 12.2 Å². The first-order valence-corrected chi connectivity index (χ1v) is 6.55. The number of halogens is 1. The zero-order valence-corrected chi connectivity index (χ0v) is 11.2. The number of aliphatic carboxylic acids is 1. The molecule has 108 valence electrons. The molecule has 2 N–H and O–H groups in total. The van der Waals surface area contributed by atoms with E-state index in [1.165, 1.54) is 17.0 Å². The summed E-state index contributed by atoms with van der Waals surface area (Å²) in [4.78, 5) is 24.6. The molecule has 0 aromatic heterocycles. The normalized spacial score (nSPS) is 18.7. The molecular weight excluding hydrogens is 263 g/mol. The molecule has 1 aromatic rings. The first kappa shape index (κ1) is 14.3. The van der Waals surface area contributed by atoms with E-state index in [2.05, 4.69) is 5.32 Å². The summed E-state index contributed by atoms with van der Waals surface area (Å²) in [7, 11) is 0. The molecule has 1 saturated heterocycles. The largest absolute Gasteiger partial charge is 0.480 e. The van der Waals surface area contributed by atoms with Gasteiger partial charge in [-0.15, -0.1) is 0 Å². The molecule has 2 amide bonds. The van der Waals surface area contributed by atoms with Crippen molar-refractivity contribution in [3.8, 4) is 0 Å². The summed E-state index contributed by atoms with van der Waals surface area (Å²) in [6.07, 6.45) is 2.02. The van der Waals surface area contributed by atoms with Crippen LogP contribution in [0.15, 0.2) is 18.2 Å². The van der Waals surface area contributed by atoms with Crippen LogP contribution in [0.5, 0.6) is 0 Å². The number of piperidine rings is 1. The Kier molecular flexibility index (Phi) is 4.22. The second-order valence-electron chi connectivity index (χ2n) is 4.93. The van der Waals surface area contributed by atoms with E-state index in [1.807, 2.05) is 0 Å². The smallest absolute Gasteiger partial charge is 0.326 e. The van der Waals surface area contributed by atoms with E-state index in [0.29, 0.717) is 18.7 Å². The summed E-state index contributed by atoms with van der Waals surface area (Å²) in [5.74, 6) is -1.45. The number of carboxylic acids is 1. The molecular formula is C14H17FN2O3. The predicted octanol–water partition coefficient (Wildman–Crippen LogP) is 2.61. The molecule has 1 unspecified atom stereocenters. The van der Waals surface area contributed by atoms with Crippen LogP contribution in [0.2, 0.25) is 0 Å². The molecule has 1 fully saturated rings. The van der Waals surface area contributed by atoms with Gasteiger partial charge < -0.3 is 15.3 Å². The Morgan fingerprint density at radius 3 is 2.85 bits per heavy atom. The van der Waals surface area contributed by atoms with Crippen molar-refractivity contribution in [1.82, 2.24) is 4.90 Å². The number of hydrogen-bond acceptors (Lipinski definition) is 2. The fourth-order valence-corrected chi connectivity index (χ4v) is 2.35. The van der Waals surface area contributed by atoms with E-state index in [4.69, 9.17) is 5.11 Å². The summed E-state index contributed by atoms with van der Waals surface area (Å²) < 4.78 is 13.2. The first-order chi connectivity index (χ1) is 9.49. The Bertz CT molecular complexity index is 533. The quantitative estimate of drug-likeness (QED) is 0.874.